The topological polar surface area (TPSA) is 75.7 Å². The van der Waals surface area contributed by atoms with Crippen molar-refractivity contribution in [2.24, 2.45) is 0 Å². The molecule has 1 aromatic rings. The Morgan fingerprint density at radius 3 is 2.90 bits per heavy atom. The van der Waals surface area contributed by atoms with Crippen LogP contribution in [0.4, 0.5) is 0 Å². The van der Waals surface area contributed by atoms with Gasteiger partial charge in [-0.2, -0.15) is 0 Å². The molecule has 0 saturated carbocycles. The van der Waals surface area contributed by atoms with E-state index in [9.17, 15) is 14.4 Å². The summed E-state index contributed by atoms with van der Waals surface area (Å²) in [5, 5.41) is 2.20. The van der Waals surface area contributed by atoms with Crippen LogP contribution in [0.5, 0.6) is 5.75 Å². The number of carbonyl (C=O) groups is 3. The smallest absolute Gasteiger partial charge is 0.249 e. The van der Waals surface area contributed by atoms with E-state index >= 15 is 0 Å². The van der Waals surface area contributed by atoms with Crippen molar-refractivity contribution in [1.82, 2.24) is 10.2 Å². The molecule has 1 aliphatic heterocycles. The van der Waals surface area contributed by atoms with Crippen LogP contribution in [0.2, 0.25) is 0 Å². The Bertz CT molecular complexity index is 556. The molecule has 0 aromatic heterocycles. The maximum Gasteiger partial charge on any atom is 0.249 e. The molecule has 106 valence electrons. The van der Waals surface area contributed by atoms with Gasteiger partial charge in [-0.15, -0.1) is 0 Å². The first-order valence-corrected chi connectivity index (χ1v) is 6.27. The quantitative estimate of drug-likeness (QED) is 0.795. The Morgan fingerprint density at radius 2 is 2.20 bits per heavy atom. The van der Waals surface area contributed by atoms with Crippen LogP contribution in [0.15, 0.2) is 24.3 Å². The van der Waals surface area contributed by atoms with Crippen LogP contribution in [0.1, 0.15) is 12.5 Å². The Balaban J connectivity index is 2.10. The summed E-state index contributed by atoms with van der Waals surface area (Å²) >= 11 is 0. The number of carbonyl (C=O) groups excluding carboxylic acids is 3. The third-order valence-corrected chi connectivity index (χ3v) is 3.23. The fourth-order valence-electron chi connectivity index (χ4n) is 2.08. The molecule has 1 aromatic carbocycles. The zero-order valence-corrected chi connectivity index (χ0v) is 11.4. The van der Waals surface area contributed by atoms with Gasteiger partial charge in [-0.05, 0) is 24.6 Å². The van der Waals surface area contributed by atoms with Crippen LogP contribution >= 0.6 is 0 Å². The lowest BCUT2D eigenvalue weighted by atomic mass is 10.1. The molecule has 6 heteroatoms. The minimum absolute atomic E-state index is 0.0876. The minimum Gasteiger partial charge on any atom is -0.497 e. The molecule has 1 fully saturated rings. The number of benzene rings is 1. The number of methoxy groups -OCH3 is 1. The predicted molar refractivity (Wildman–Crippen MR) is 71.0 cm³/mol. The zero-order valence-electron chi connectivity index (χ0n) is 11.4. The van der Waals surface area contributed by atoms with E-state index in [2.05, 4.69) is 5.32 Å². The summed E-state index contributed by atoms with van der Waals surface area (Å²) in [6.45, 7) is 1.51. The van der Waals surface area contributed by atoms with Crippen LogP contribution in [0.25, 0.3) is 0 Å². The first-order valence-electron chi connectivity index (χ1n) is 6.27. The van der Waals surface area contributed by atoms with Crippen molar-refractivity contribution in [2.45, 2.75) is 19.4 Å². The standard InChI is InChI=1S/C14H16N2O4/c1-9-14(19)15-12(17)8-16(9)13(18)7-10-4-3-5-11(6-10)20-2/h3-6,9H,7-8H2,1-2H3,(H,15,17,19). The minimum atomic E-state index is -0.634. The first-order chi connectivity index (χ1) is 9.51. The van der Waals surface area contributed by atoms with Gasteiger partial charge < -0.3 is 9.64 Å². The number of ether oxygens (including phenoxy) is 1. The maximum atomic E-state index is 12.2. The van der Waals surface area contributed by atoms with Gasteiger partial charge in [0.15, 0.2) is 0 Å². The summed E-state index contributed by atoms with van der Waals surface area (Å²) in [5.74, 6) is -0.489. The molecule has 1 saturated heterocycles. The summed E-state index contributed by atoms with van der Waals surface area (Å²) in [6, 6.07) is 6.50. The van der Waals surface area contributed by atoms with Gasteiger partial charge >= 0.3 is 0 Å². The molecule has 2 rings (SSSR count). The Labute approximate surface area is 116 Å². The van der Waals surface area contributed by atoms with Crippen molar-refractivity contribution >= 4 is 17.7 Å². The lowest BCUT2D eigenvalue weighted by molar-refractivity contribution is -0.149. The van der Waals surface area contributed by atoms with Gasteiger partial charge in [0.2, 0.25) is 17.7 Å². The largest absolute Gasteiger partial charge is 0.497 e. The van der Waals surface area contributed by atoms with E-state index in [-0.39, 0.29) is 18.9 Å². The molecule has 1 aliphatic rings. The normalized spacial score (nSPS) is 18.7. The van der Waals surface area contributed by atoms with Crippen molar-refractivity contribution in [2.75, 3.05) is 13.7 Å². The van der Waals surface area contributed by atoms with Crippen LogP contribution in [-0.2, 0) is 20.8 Å². The first kappa shape index (κ1) is 14.0. The third kappa shape index (κ3) is 2.96. The number of piperazine rings is 1. The maximum absolute atomic E-state index is 12.2. The van der Waals surface area contributed by atoms with E-state index in [4.69, 9.17) is 4.74 Å². The summed E-state index contributed by atoms with van der Waals surface area (Å²) < 4.78 is 5.09. The van der Waals surface area contributed by atoms with Crippen LogP contribution in [-0.4, -0.2) is 42.3 Å². The fraction of sp³-hybridized carbons (Fsp3) is 0.357. The average Bonchev–Trinajstić information content (AvgIpc) is 2.43. The fourth-order valence-corrected chi connectivity index (χ4v) is 2.08. The number of amides is 3. The summed E-state index contributed by atoms with van der Waals surface area (Å²) in [5.41, 5.74) is 0.778. The van der Waals surface area contributed by atoms with Gasteiger partial charge in [0.25, 0.3) is 0 Å². The molecule has 6 nitrogen and oxygen atoms in total. The Morgan fingerprint density at radius 1 is 1.45 bits per heavy atom. The highest BCUT2D eigenvalue weighted by atomic mass is 16.5. The molecule has 20 heavy (non-hydrogen) atoms. The van der Waals surface area contributed by atoms with E-state index in [0.29, 0.717) is 5.75 Å². The van der Waals surface area contributed by atoms with E-state index < -0.39 is 17.9 Å². The number of nitrogens with zero attached hydrogens (tertiary/aromatic N) is 1. The summed E-state index contributed by atoms with van der Waals surface area (Å²) in [7, 11) is 1.55. The SMILES string of the molecule is COc1cccc(CC(=O)N2CC(=O)NC(=O)C2C)c1. The molecule has 0 bridgehead atoms. The third-order valence-electron chi connectivity index (χ3n) is 3.23. The van der Waals surface area contributed by atoms with E-state index in [1.54, 1.807) is 38.3 Å². The van der Waals surface area contributed by atoms with Crippen molar-refractivity contribution < 1.29 is 19.1 Å². The lowest BCUT2D eigenvalue weighted by Gasteiger charge is -2.31. The molecular weight excluding hydrogens is 260 g/mol. The molecule has 1 heterocycles. The predicted octanol–water partition coefficient (Wildman–Crippen LogP) is 0.111. The second-order valence-corrected chi connectivity index (χ2v) is 4.64. The number of hydrogen-bond donors (Lipinski definition) is 1. The molecule has 3 amide bonds. The summed E-state index contributed by atoms with van der Waals surface area (Å²) in [6.07, 6.45) is 0.127. The van der Waals surface area contributed by atoms with Gasteiger partial charge in [0, 0.05) is 0 Å². The van der Waals surface area contributed by atoms with Gasteiger partial charge in [-0.25, -0.2) is 0 Å². The highest BCUT2D eigenvalue weighted by Gasteiger charge is 2.33. The molecule has 0 spiro atoms. The van der Waals surface area contributed by atoms with Crippen LogP contribution in [0.3, 0.4) is 0 Å². The molecule has 1 N–H and O–H groups in total. The van der Waals surface area contributed by atoms with Crippen molar-refractivity contribution in [3.63, 3.8) is 0 Å². The molecule has 0 aliphatic carbocycles. The van der Waals surface area contributed by atoms with Crippen LogP contribution < -0.4 is 10.1 Å². The van der Waals surface area contributed by atoms with Gasteiger partial charge in [0.1, 0.15) is 18.3 Å². The lowest BCUT2D eigenvalue weighted by Crippen LogP contribution is -2.58. The van der Waals surface area contributed by atoms with E-state index in [1.165, 1.54) is 4.90 Å². The number of imide groups is 1. The highest BCUT2D eigenvalue weighted by molar-refractivity contribution is 6.04. The number of rotatable bonds is 3. The molecular formula is C14H16N2O4. The molecule has 1 atom stereocenters. The van der Waals surface area contributed by atoms with E-state index in [0.717, 1.165) is 5.56 Å². The average molecular weight is 276 g/mol. The Kier molecular flexibility index (Phi) is 4.02. The van der Waals surface area contributed by atoms with Gasteiger partial charge in [0.05, 0.1) is 13.5 Å². The second-order valence-electron chi connectivity index (χ2n) is 4.64. The number of hydrogen-bond acceptors (Lipinski definition) is 4. The van der Waals surface area contributed by atoms with E-state index in [1.807, 2.05) is 0 Å². The summed E-state index contributed by atoms with van der Waals surface area (Å²) in [4.78, 5) is 36.4. The number of nitrogens with one attached hydrogen (secondary N) is 1. The van der Waals surface area contributed by atoms with Crippen molar-refractivity contribution in [1.29, 1.82) is 0 Å². The van der Waals surface area contributed by atoms with Gasteiger partial charge in [-0.3, -0.25) is 19.7 Å². The zero-order chi connectivity index (χ0) is 14.7. The monoisotopic (exact) mass is 276 g/mol. The highest BCUT2D eigenvalue weighted by Crippen LogP contribution is 2.15. The molecule has 1 unspecified atom stereocenters. The molecule has 0 radical (unpaired) electrons. The van der Waals surface area contributed by atoms with Gasteiger partial charge in [-0.1, -0.05) is 12.1 Å². The second kappa shape index (κ2) is 5.73. The van der Waals surface area contributed by atoms with Crippen molar-refractivity contribution in [3.8, 4) is 5.75 Å². The van der Waals surface area contributed by atoms with Crippen LogP contribution in [0, 0.1) is 0 Å². The Hall–Kier alpha value is -2.37. The van der Waals surface area contributed by atoms with Crippen molar-refractivity contribution in [3.05, 3.63) is 29.8 Å².